The number of likely N-dealkylation sites (tertiary alicyclic amines) is 1. The van der Waals surface area contributed by atoms with Crippen LogP contribution in [0.1, 0.15) is 23.6 Å². The third kappa shape index (κ3) is 6.45. The summed E-state index contributed by atoms with van der Waals surface area (Å²) in [4.78, 5) is 39.7. The van der Waals surface area contributed by atoms with E-state index in [1.807, 2.05) is 6.07 Å². The first-order valence-corrected chi connectivity index (χ1v) is 13.4. The Labute approximate surface area is 214 Å². The molecule has 2 atom stereocenters. The lowest BCUT2D eigenvalue weighted by Crippen LogP contribution is -2.39. The van der Waals surface area contributed by atoms with Crippen molar-refractivity contribution in [2.75, 3.05) is 44.4 Å². The minimum absolute atomic E-state index is 0.0281. The number of nitrogens with one attached hydrogen (secondary N) is 1. The molecule has 0 saturated carbocycles. The number of benzene rings is 2. The molecular weight excluding hydrogens is 502 g/mol. The number of amides is 2. The van der Waals surface area contributed by atoms with Crippen molar-refractivity contribution in [3.8, 4) is 5.75 Å². The van der Waals surface area contributed by atoms with Crippen LogP contribution in [0.2, 0.25) is 0 Å². The zero-order valence-corrected chi connectivity index (χ0v) is 21.1. The van der Waals surface area contributed by atoms with E-state index in [0.29, 0.717) is 37.4 Å². The van der Waals surface area contributed by atoms with E-state index in [1.165, 1.54) is 12.1 Å². The molecule has 1 fully saturated rings. The van der Waals surface area contributed by atoms with Crippen molar-refractivity contribution < 1.29 is 37.8 Å². The van der Waals surface area contributed by atoms with Crippen LogP contribution in [0.25, 0.3) is 0 Å². The molecule has 2 amide bonds. The number of likely N-dealkylation sites (N-methyl/N-ethyl adjacent to an activating group) is 1. The van der Waals surface area contributed by atoms with Crippen molar-refractivity contribution in [1.29, 1.82) is 0 Å². The number of sulfone groups is 1. The van der Waals surface area contributed by atoms with Gasteiger partial charge in [0, 0.05) is 26.7 Å². The second-order valence-electron chi connectivity index (χ2n) is 9.29. The van der Waals surface area contributed by atoms with E-state index in [9.17, 15) is 27.9 Å². The molecular formula is C25H29N3O8S. The van der Waals surface area contributed by atoms with E-state index in [-0.39, 0.29) is 22.9 Å². The van der Waals surface area contributed by atoms with Gasteiger partial charge in [-0.05, 0) is 41.8 Å². The maximum atomic E-state index is 13.4. The number of carboxylic acid groups (broad SMARTS) is 1. The molecule has 0 aliphatic carbocycles. The van der Waals surface area contributed by atoms with Crippen LogP contribution in [0.15, 0.2) is 47.4 Å². The molecule has 2 aliphatic heterocycles. The van der Waals surface area contributed by atoms with Crippen LogP contribution >= 0.6 is 0 Å². The summed E-state index contributed by atoms with van der Waals surface area (Å²) in [7, 11) is -2.05. The topological polar surface area (TPSA) is 154 Å². The minimum atomic E-state index is -3.72. The molecule has 3 N–H and O–H groups in total. The molecule has 4 rings (SSSR count). The SMILES string of the molecule is CN(C(=O)Cc1ccc2c(c1)NC(=O)CS2(=O)=O)[C@H](CN1CC[C@@H](O)C1)c1cccc(OCC(=O)O)c1. The normalized spacial score (nSPS) is 19.5. The van der Waals surface area contributed by atoms with Crippen LogP contribution in [0, 0.1) is 0 Å². The van der Waals surface area contributed by atoms with Gasteiger partial charge in [-0.2, -0.15) is 0 Å². The van der Waals surface area contributed by atoms with Gasteiger partial charge in [0.05, 0.1) is 29.1 Å². The molecule has 0 unspecified atom stereocenters. The smallest absolute Gasteiger partial charge is 0.341 e. The number of carbonyl (C=O) groups is 3. The zero-order chi connectivity index (χ0) is 26.7. The Balaban J connectivity index is 1.56. The number of nitrogens with zero attached hydrogens (tertiary/aromatic N) is 2. The van der Waals surface area contributed by atoms with Crippen LogP contribution in [0.4, 0.5) is 5.69 Å². The molecule has 1 saturated heterocycles. The highest BCUT2D eigenvalue weighted by Gasteiger charge is 2.31. The molecule has 37 heavy (non-hydrogen) atoms. The molecule has 0 aromatic heterocycles. The van der Waals surface area contributed by atoms with Crippen LogP contribution in [-0.2, 0) is 30.6 Å². The maximum Gasteiger partial charge on any atom is 0.341 e. The van der Waals surface area contributed by atoms with Crippen LogP contribution < -0.4 is 10.1 Å². The summed E-state index contributed by atoms with van der Waals surface area (Å²) in [6.07, 6.45) is 0.165. The van der Waals surface area contributed by atoms with Crippen molar-refractivity contribution >= 4 is 33.3 Å². The second kappa shape index (κ2) is 10.9. The molecule has 198 valence electrons. The highest BCUT2D eigenvalue weighted by atomic mass is 32.2. The van der Waals surface area contributed by atoms with Crippen molar-refractivity contribution in [3.63, 3.8) is 0 Å². The van der Waals surface area contributed by atoms with Gasteiger partial charge >= 0.3 is 5.97 Å². The number of carbonyl (C=O) groups excluding carboxylic acids is 2. The van der Waals surface area contributed by atoms with E-state index >= 15 is 0 Å². The van der Waals surface area contributed by atoms with Crippen molar-refractivity contribution in [2.24, 2.45) is 0 Å². The lowest BCUT2D eigenvalue weighted by Gasteiger charge is -2.32. The van der Waals surface area contributed by atoms with Gasteiger partial charge in [-0.3, -0.25) is 14.5 Å². The van der Waals surface area contributed by atoms with Crippen molar-refractivity contribution in [3.05, 3.63) is 53.6 Å². The summed E-state index contributed by atoms with van der Waals surface area (Å²) < 4.78 is 29.9. The number of aliphatic hydroxyl groups is 1. The van der Waals surface area contributed by atoms with Crippen LogP contribution in [0.5, 0.6) is 5.75 Å². The second-order valence-corrected chi connectivity index (χ2v) is 11.2. The number of β-amino-alcohol motifs (C(OH)–C–C–N with tert-alkyl or cyclic N) is 1. The first kappa shape index (κ1) is 26.6. The Kier molecular flexibility index (Phi) is 7.81. The molecule has 2 aliphatic rings. The Morgan fingerprint density at radius 1 is 1.24 bits per heavy atom. The van der Waals surface area contributed by atoms with Gasteiger partial charge in [0.1, 0.15) is 11.5 Å². The zero-order valence-electron chi connectivity index (χ0n) is 20.3. The van der Waals surface area contributed by atoms with Gasteiger partial charge in [0.15, 0.2) is 16.4 Å². The van der Waals surface area contributed by atoms with E-state index in [1.54, 1.807) is 36.2 Å². The van der Waals surface area contributed by atoms with Crippen molar-refractivity contribution in [1.82, 2.24) is 9.80 Å². The Hall–Kier alpha value is -3.48. The quantitative estimate of drug-likeness (QED) is 0.424. The number of aliphatic carboxylic acids is 1. The van der Waals surface area contributed by atoms with Gasteiger partial charge in [0.2, 0.25) is 11.8 Å². The number of rotatable bonds is 9. The highest BCUT2D eigenvalue weighted by Crippen LogP contribution is 2.30. The Bertz CT molecular complexity index is 1310. The van der Waals surface area contributed by atoms with E-state index in [2.05, 4.69) is 10.2 Å². The molecule has 2 aromatic carbocycles. The lowest BCUT2D eigenvalue weighted by molar-refractivity contribution is -0.139. The number of carboxylic acids is 1. The first-order chi connectivity index (χ1) is 17.5. The summed E-state index contributed by atoms with van der Waals surface area (Å²) >= 11 is 0. The molecule has 11 nitrogen and oxygen atoms in total. The fourth-order valence-corrected chi connectivity index (χ4v) is 5.89. The number of ether oxygens (including phenoxy) is 1. The standard InChI is InChI=1S/C25H29N3O8S/c1-27(24(31)10-16-5-6-22-20(9-16)26-23(30)15-37(22,34)35)21(13-28-8-7-18(29)12-28)17-3-2-4-19(11-17)36-14-25(32)33/h2-6,9,11,18,21,29H,7-8,10,12-15H2,1H3,(H,26,30)(H,32,33)/t18-,21-/m1/s1. The molecule has 0 spiro atoms. The van der Waals surface area contributed by atoms with Crippen LogP contribution in [-0.4, -0.2) is 91.4 Å². The predicted molar refractivity (Wildman–Crippen MR) is 133 cm³/mol. The predicted octanol–water partition coefficient (Wildman–Crippen LogP) is 0.685. The van der Waals surface area contributed by atoms with Gasteiger partial charge in [-0.25, -0.2) is 13.2 Å². The summed E-state index contributed by atoms with van der Waals surface area (Å²) in [6.45, 7) is 1.10. The number of hydrogen-bond acceptors (Lipinski definition) is 8. The summed E-state index contributed by atoms with van der Waals surface area (Å²) in [5.41, 5.74) is 1.45. The minimum Gasteiger partial charge on any atom is -0.482 e. The molecule has 2 aromatic rings. The number of anilines is 1. The fraction of sp³-hybridized carbons (Fsp3) is 0.400. The maximum absolute atomic E-state index is 13.4. The highest BCUT2D eigenvalue weighted by molar-refractivity contribution is 7.92. The van der Waals surface area contributed by atoms with Gasteiger partial charge < -0.3 is 25.2 Å². The lowest BCUT2D eigenvalue weighted by atomic mass is 10.0. The number of aliphatic hydroxyl groups excluding tert-OH is 1. The molecule has 0 radical (unpaired) electrons. The molecule has 0 bridgehead atoms. The molecule has 12 heteroatoms. The summed E-state index contributed by atoms with van der Waals surface area (Å²) in [5.74, 6) is -2.21. The largest absolute Gasteiger partial charge is 0.482 e. The van der Waals surface area contributed by atoms with Gasteiger partial charge in [0.25, 0.3) is 0 Å². The van der Waals surface area contributed by atoms with E-state index < -0.39 is 46.2 Å². The van der Waals surface area contributed by atoms with Gasteiger partial charge in [-0.1, -0.05) is 18.2 Å². The third-order valence-corrected chi connectivity index (χ3v) is 8.14. The summed E-state index contributed by atoms with van der Waals surface area (Å²) in [5, 5.41) is 21.5. The Morgan fingerprint density at radius 2 is 2.03 bits per heavy atom. The first-order valence-electron chi connectivity index (χ1n) is 11.8. The van der Waals surface area contributed by atoms with Crippen molar-refractivity contribution in [2.45, 2.75) is 29.9 Å². The average molecular weight is 532 g/mol. The van der Waals surface area contributed by atoms with E-state index in [0.717, 1.165) is 5.56 Å². The number of hydrogen-bond donors (Lipinski definition) is 3. The van der Waals surface area contributed by atoms with Crippen LogP contribution in [0.3, 0.4) is 0 Å². The van der Waals surface area contributed by atoms with E-state index in [4.69, 9.17) is 9.84 Å². The monoisotopic (exact) mass is 531 g/mol. The summed E-state index contributed by atoms with van der Waals surface area (Å²) in [6, 6.07) is 10.9. The average Bonchev–Trinajstić information content (AvgIpc) is 3.24. The molecule has 2 heterocycles. The fourth-order valence-electron chi connectivity index (χ4n) is 4.60. The third-order valence-electron chi connectivity index (χ3n) is 6.47. The Morgan fingerprint density at radius 3 is 2.73 bits per heavy atom. The number of fused-ring (bicyclic) bond motifs is 1. The van der Waals surface area contributed by atoms with Gasteiger partial charge in [-0.15, -0.1) is 0 Å².